The summed E-state index contributed by atoms with van der Waals surface area (Å²) < 4.78 is 21.9. The molecule has 2 amide bonds. The van der Waals surface area contributed by atoms with Gasteiger partial charge < -0.3 is 28.7 Å². The van der Waals surface area contributed by atoms with Gasteiger partial charge in [-0.05, 0) is 23.3 Å². The maximum atomic E-state index is 14.2. The average molecular weight is 505 g/mol. The summed E-state index contributed by atoms with van der Waals surface area (Å²) in [7, 11) is 2.69. The zero-order valence-corrected chi connectivity index (χ0v) is 19.8. The van der Waals surface area contributed by atoms with Crippen LogP contribution in [0.25, 0.3) is 0 Å². The zero-order valence-electron chi connectivity index (χ0n) is 18.2. The predicted octanol–water partition coefficient (Wildman–Crippen LogP) is 1.71. The van der Waals surface area contributed by atoms with E-state index < -0.39 is 46.0 Å². The first-order valence-electron chi connectivity index (χ1n) is 10.7. The van der Waals surface area contributed by atoms with E-state index in [-0.39, 0.29) is 24.7 Å². The predicted molar refractivity (Wildman–Crippen MR) is 119 cm³/mol. The van der Waals surface area contributed by atoms with Crippen LogP contribution in [-0.2, 0) is 38.1 Å². The Bertz CT molecular complexity index is 1060. The Hall–Kier alpha value is -2.86. The van der Waals surface area contributed by atoms with Gasteiger partial charge in [0.05, 0.1) is 37.1 Å². The van der Waals surface area contributed by atoms with E-state index in [2.05, 4.69) is 0 Å². The molecular weight excluding hydrogens is 484 g/mol. The number of rotatable bonds is 2. The largest absolute Gasteiger partial charge is 0.473 e. The third-order valence-corrected chi connectivity index (χ3v) is 10.3. The Morgan fingerprint density at radius 3 is 1.65 bits per heavy atom. The molecule has 7 aliphatic heterocycles. The Kier molecular flexibility index (Phi) is 4.66. The molecule has 7 rings (SSSR count). The Morgan fingerprint density at radius 1 is 0.853 bits per heavy atom. The van der Waals surface area contributed by atoms with Crippen molar-refractivity contribution in [2.24, 2.45) is 0 Å². The molecule has 7 aliphatic rings. The Balaban J connectivity index is 1.46. The molecule has 12 heteroatoms. The van der Waals surface area contributed by atoms with E-state index in [1.165, 1.54) is 60.5 Å². The molecule has 2 bridgehead atoms. The summed E-state index contributed by atoms with van der Waals surface area (Å²) in [5, 5.41) is 0. The maximum absolute atomic E-state index is 14.2. The van der Waals surface area contributed by atoms with E-state index >= 15 is 0 Å². The fourth-order valence-corrected chi connectivity index (χ4v) is 9.33. The van der Waals surface area contributed by atoms with Crippen molar-refractivity contribution in [3.05, 3.63) is 48.3 Å². The van der Waals surface area contributed by atoms with Gasteiger partial charge in [0.25, 0.3) is 11.8 Å². The molecule has 6 atom stereocenters. The van der Waals surface area contributed by atoms with Gasteiger partial charge in [0.2, 0.25) is 0 Å². The molecule has 0 aromatic carbocycles. The molecule has 5 saturated heterocycles. The van der Waals surface area contributed by atoms with Gasteiger partial charge in [-0.3, -0.25) is 19.2 Å². The van der Waals surface area contributed by atoms with Gasteiger partial charge in [-0.1, -0.05) is 21.6 Å². The van der Waals surface area contributed by atoms with Gasteiger partial charge >= 0.3 is 11.9 Å². The van der Waals surface area contributed by atoms with Crippen LogP contribution in [0.1, 0.15) is 26.7 Å². The highest BCUT2D eigenvalue weighted by atomic mass is 33.1. The fraction of sp³-hybridized carbons (Fsp3) is 0.455. The fourth-order valence-electron chi connectivity index (χ4n) is 5.62. The molecule has 0 aromatic heterocycles. The van der Waals surface area contributed by atoms with Gasteiger partial charge in [0.15, 0.2) is 9.74 Å². The van der Waals surface area contributed by atoms with Gasteiger partial charge in [-0.2, -0.15) is 0 Å². The van der Waals surface area contributed by atoms with Crippen LogP contribution in [0.4, 0.5) is 0 Å². The van der Waals surface area contributed by atoms with Crippen molar-refractivity contribution in [3.63, 3.8) is 0 Å². The number of fused-ring (bicyclic) bond motifs is 3. The van der Waals surface area contributed by atoms with Crippen LogP contribution in [0.15, 0.2) is 48.3 Å². The molecule has 2 spiro atoms. The summed E-state index contributed by atoms with van der Waals surface area (Å²) >= 11 is 0. The van der Waals surface area contributed by atoms with Crippen molar-refractivity contribution in [2.45, 2.75) is 60.7 Å². The van der Waals surface area contributed by atoms with Crippen molar-refractivity contribution in [3.8, 4) is 0 Å². The maximum Gasteiger partial charge on any atom is 0.303 e. The van der Waals surface area contributed by atoms with Crippen molar-refractivity contribution < 1.29 is 38.1 Å². The summed E-state index contributed by atoms with van der Waals surface area (Å²) in [5.41, 5.74) is 1.39. The van der Waals surface area contributed by atoms with Crippen molar-refractivity contribution in [2.75, 3.05) is 0 Å². The number of hydrogen-bond acceptors (Lipinski definition) is 10. The molecular formula is C22H20N2O8S2. The number of ether oxygens (including phenoxy) is 4. The molecule has 0 aliphatic carbocycles. The first kappa shape index (κ1) is 21.7. The number of hydrogen-bond donors (Lipinski definition) is 0. The highest BCUT2D eigenvalue weighted by molar-refractivity contribution is 8.78. The minimum Gasteiger partial charge on any atom is -0.473 e. The third kappa shape index (κ3) is 2.72. The summed E-state index contributed by atoms with van der Waals surface area (Å²) in [4.78, 5) is 52.8. The molecule has 10 nitrogen and oxygen atoms in total. The minimum atomic E-state index is -1.24. The average Bonchev–Trinajstić information content (AvgIpc) is 3.14. The highest BCUT2D eigenvalue weighted by Crippen LogP contribution is 2.69. The lowest BCUT2D eigenvalue weighted by molar-refractivity contribution is -0.171. The SMILES string of the molecule is CC(=O)O[C@H]1C=COC=C2C[C@@]34SS[C@]5(CC6=COC=C[C@H](OC(C)=O)[C@@H]6N5C3=O)C(=O)N4[C@H]21. The molecule has 0 aromatic rings. The van der Waals surface area contributed by atoms with Crippen LogP contribution in [-0.4, -0.2) is 67.6 Å². The van der Waals surface area contributed by atoms with Gasteiger partial charge in [0.1, 0.15) is 12.2 Å². The Morgan fingerprint density at radius 2 is 1.26 bits per heavy atom. The first-order chi connectivity index (χ1) is 16.3. The normalized spacial score (nSPS) is 38.9. The van der Waals surface area contributed by atoms with Gasteiger partial charge in [-0.15, -0.1) is 0 Å². The molecule has 5 fully saturated rings. The molecule has 0 N–H and O–H groups in total. The Labute approximate surface area is 202 Å². The van der Waals surface area contributed by atoms with Crippen LogP contribution in [0, 0.1) is 0 Å². The third-order valence-electron chi connectivity index (χ3n) is 6.76. The summed E-state index contributed by atoms with van der Waals surface area (Å²) in [6.45, 7) is 2.60. The smallest absolute Gasteiger partial charge is 0.303 e. The van der Waals surface area contributed by atoms with Crippen LogP contribution in [0.3, 0.4) is 0 Å². The van der Waals surface area contributed by atoms with E-state index in [1.54, 1.807) is 22.0 Å². The quantitative estimate of drug-likeness (QED) is 0.407. The number of amides is 2. The number of nitrogens with zero attached hydrogens (tertiary/aromatic N) is 2. The summed E-state index contributed by atoms with van der Waals surface area (Å²) in [5.74, 6) is -1.51. The monoisotopic (exact) mass is 504 g/mol. The van der Waals surface area contributed by atoms with E-state index in [0.717, 1.165) is 0 Å². The number of esters is 2. The standard InChI is InChI=1S/C22H20N2O8S2/c1-11(25)31-15-3-5-29-9-13-7-21-20(28)24-18-14(10-30-6-4-16(18)32-12(2)26)8-22(24,34-33-21)19(27)23(21)17(13)15/h3-6,9-10,15-18H,7-8H2,1-2H3/t15-,16-,17+,18+,21+,22+/m0/s1. The first-order valence-corrected chi connectivity index (χ1v) is 12.8. The van der Waals surface area contributed by atoms with Crippen molar-refractivity contribution in [1.82, 2.24) is 9.80 Å². The van der Waals surface area contributed by atoms with Gasteiger partial charge in [-0.25, -0.2) is 0 Å². The molecule has 7 heterocycles. The van der Waals surface area contributed by atoms with E-state index in [9.17, 15) is 19.2 Å². The minimum absolute atomic E-state index is 0.224. The molecule has 0 saturated carbocycles. The van der Waals surface area contributed by atoms with E-state index in [0.29, 0.717) is 11.1 Å². The second-order valence-electron chi connectivity index (χ2n) is 8.79. The highest BCUT2D eigenvalue weighted by Gasteiger charge is 2.77. The lowest BCUT2D eigenvalue weighted by atomic mass is 10.0. The summed E-state index contributed by atoms with van der Waals surface area (Å²) in [6.07, 6.45) is 7.91. The number of piperazine rings is 1. The lowest BCUT2D eigenvalue weighted by Crippen LogP contribution is -2.77. The summed E-state index contributed by atoms with van der Waals surface area (Å²) in [6, 6.07) is -1.32. The van der Waals surface area contributed by atoms with Crippen LogP contribution in [0.2, 0.25) is 0 Å². The molecule has 0 radical (unpaired) electrons. The van der Waals surface area contributed by atoms with Crippen LogP contribution >= 0.6 is 21.6 Å². The second-order valence-corrected chi connectivity index (χ2v) is 11.5. The van der Waals surface area contributed by atoms with Crippen LogP contribution < -0.4 is 0 Å². The number of carbonyl (C=O) groups is 4. The molecule has 0 unspecified atom stereocenters. The van der Waals surface area contributed by atoms with Crippen LogP contribution in [0.5, 0.6) is 0 Å². The van der Waals surface area contributed by atoms with Crippen molar-refractivity contribution in [1.29, 1.82) is 0 Å². The van der Waals surface area contributed by atoms with Crippen molar-refractivity contribution >= 4 is 45.3 Å². The molecule has 178 valence electrons. The van der Waals surface area contributed by atoms with E-state index in [4.69, 9.17) is 18.9 Å². The van der Waals surface area contributed by atoms with Gasteiger partial charge in [0, 0.05) is 26.7 Å². The second kappa shape index (κ2) is 7.32. The lowest BCUT2D eigenvalue weighted by Gasteiger charge is -2.58. The topological polar surface area (TPSA) is 112 Å². The molecule has 34 heavy (non-hydrogen) atoms. The number of carbonyl (C=O) groups excluding carboxylic acids is 4. The zero-order chi connectivity index (χ0) is 23.8. The van der Waals surface area contributed by atoms with E-state index in [1.807, 2.05) is 0 Å².